The van der Waals surface area contributed by atoms with E-state index in [2.05, 4.69) is 9.46 Å². The summed E-state index contributed by atoms with van der Waals surface area (Å²) >= 11 is 0. The number of carbonyl (C=O) groups excluding carboxylic acids is 2. The third-order valence-electron chi connectivity index (χ3n) is 2.21. The highest BCUT2D eigenvalue weighted by Gasteiger charge is 2.18. The number of nitrogens with one attached hydrogen (secondary N) is 1. The smallest absolute Gasteiger partial charge is 0.305 e. The van der Waals surface area contributed by atoms with Crippen molar-refractivity contribution in [2.45, 2.75) is 39.2 Å². The molecule has 0 spiro atoms. The zero-order valence-electron chi connectivity index (χ0n) is 10.4. The molecule has 0 rings (SSSR count). The molecule has 0 aliphatic rings. The van der Waals surface area contributed by atoms with Crippen LogP contribution < -0.4 is 4.72 Å². The first-order valence-electron chi connectivity index (χ1n) is 5.42. The van der Waals surface area contributed by atoms with Gasteiger partial charge in [-0.25, -0.2) is 13.1 Å². The molecule has 17 heavy (non-hydrogen) atoms. The molecule has 0 aliphatic carbocycles. The molecule has 7 heteroatoms. The van der Waals surface area contributed by atoms with E-state index < -0.39 is 22.0 Å². The number of carbonyl (C=O) groups is 2. The second kappa shape index (κ2) is 7.39. The normalized spacial score (nSPS) is 13.1. The van der Waals surface area contributed by atoms with E-state index in [0.717, 1.165) is 0 Å². The quantitative estimate of drug-likeness (QED) is 0.634. The number of ether oxygens (including phenoxy) is 1. The van der Waals surface area contributed by atoms with Gasteiger partial charge in [0.1, 0.15) is 5.78 Å². The largest absolute Gasteiger partial charge is 0.469 e. The fourth-order valence-electron chi connectivity index (χ4n) is 1.21. The van der Waals surface area contributed by atoms with Gasteiger partial charge in [0, 0.05) is 12.8 Å². The van der Waals surface area contributed by atoms with Crippen molar-refractivity contribution < 1.29 is 22.7 Å². The Balaban J connectivity index is 4.13. The van der Waals surface area contributed by atoms with Crippen LogP contribution in [-0.4, -0.2) is 39.1 Å². The van der Waals surface area contributed by atoms with Gasteiger partial charge in [-0.2, -0.15) is 0 Å². The summed E-state index contributed by atoms with van der Waals surface area (Å²) in [5.74, 6) is -0.803. The molecule has 0 aromatic rings. The molecule has 1 atom stereocenters. The topological polar surface area (TPSA) is 89.5 Å². The Labute approximate surface area is 102 Å². The van der Waals surface area contributed by atoms with E-state index in [-0.39, 0.29) is 30.8 Å². The third kappa shape index (κ3) is 7.06. The zero-order valence-corrected chi connectivity index (χ0v) is 11.2. The average molecular weight is 265 g/mol. The Bertz CT molecular complexity index is 363. The highest BCUT2D eigenvalue weighted by Crippen LogP contribution is 1.99. The predicted molar refractivity (Wildman–Crippen MR) is 62.9 cm³/mol. The molecule has 1 unspecified atom stereocenters. The molecule has 0 bridgehead atoms. The molecule has 0 saturated heterocycles. The zero-order chi connectivity index (χ0) is 13.5. The maximum Gasteiger partial charge on any atom is 0.305 e. The summed E-state index contributed by atoms with van der Waals surface area (Å²) in [7, 11) is -2.27. The van der Waals surface area contributed by atoms with Gasteiger partial charge < -0.3 is 4.74 Å². The van der Waals surface area contributed by atoms with Gasteiger partial charge in [-0.15, -0.1) is 0 Å². The van der Waals surface area contributed by atoms with E-state index in [1.807, 2.05) is 0 Å². The number of Topliss-reactive ketones (excluding diaryl/α,β-unsaturated/α-hetero) is 1. The van der Waals surface area contributed by atoms with Gasteiger partial charge in [0.25, 0.3) is 0 Å². The number of hydrogen-bond donors (Lipinski definition) is 1. The van der Waals surface area contributed by atoms with Gasteiger partial charge in [0.15, 0.2) is 0 Å². The number of ketones is 1. The Morgan fingerprint density at radius 1 is 1.35 bits per heavy atom. The standard InChI is InChI=1S/C10H19NO5S/c1-4-9(12)8(2)11-17(14,15)7-5-6-10(13)16-3/h8,11H,4-7H2,1-3H3. The number of rotatable bonds is 8. The summed E-state index contributed by atoms with van der Waals surface area (Å²) in [6, 6.07) is -0.719. The Morgan fingerprint density at radius 3 is 2.41 bits per heavy atom. The summed E-state index contributed by atoms with van der Waals surface area (Å²) in [4.78, 5) is 22.0. The van der Waals surface area contributed by atoms with E-state index in [1.54, 1.807) is 6.92 Å². The second-order valence-corrected chi connectivity index (χ2v) is 5.53. The van der Waals surface area contributed by atoms with Gasteiger partial charge in [0.05, 0.1) is 18.9 Å². The van der Waals surface area contributed by atoms with Crippen LogP contribution in [-0.2, 0) is 24.3 Å². The van der Waals surface area contributed by atoms with Crippen molar-refractivity contribution in [1.82, 2.24) is 4.72 Å². The molecule has 0 amide bonds. The minimum absolute atomic E-state index is 0.0491. The van der Waals surface area contributed by atoms with Gasteiger partial charge >= 0.3 is 5.97 Å². The number of esters is 1. The molecule has 0 heterocycles. The summed E-state index contributed by atoms with van der Waals surface area (Å²) in [6.45, 7) is 3.17. The Kier molecular flexibility index (Phi) is 6.98. The monoisotopic (exact) mass is 265 g/mol. The molecule has 0 aromatic carbocycles. The lowest BCUT2D eigenvalue weighted by Crippen LogP contribution is -2.39. The Hall–Kier alpha value is -0.950. The first-order chi connectivity index (χ1) is 7.82. The van der Waals surface area contributed by atoms with Crippen molar-refractivity contribution in [2.75, 3.05) is 12.9 Å². The third-order valence-corrected chi connectivity index (χ3v) is 3.75. The SMILES string of the molecule is CCC(=O)C(C)NS(=O)(=O)CCCC(=O)OC. The average Bonchev–Trinajstić information content (AvgIpc) is 2.26. The van der Waals surface area contributed by atoms with Crippen molar-refractivity contribution in [3.05, 3.63) is 0 Å². The molecule has 0 aliphatic heterocycles. The van der Waals surface area contributed by atoms with Crippen LogP contribution in [0.2, 0.25) is 0 Å². The number of hydrogen-bond acceptors (Lipinski definition) is 5. The summed E-state index contributed by atoms with van der Waals surface area (Å²) < 4.78 is 29.7. The van der Waals surface area contributed by atoms with Crippen molar-refractivity contribution in [1.29, 1.82) is 0 Å². The van der Waals surface area contributed by atoms with E-state index in [4.69, 9.17) is 0 Å². The minimum atomic E-state index is -3.52. The van der Waals surface area contributed by atoms with E-state index in [9.17, 15) is 18.0 Å². The van der Waals surface area contributed by atoms with Crippen LogP contribution in [0.4, 0.5) is 0 Å². The van der Waals surface area contributed by atoms with E-state index in [0.29, 0.717) is 0 Å². The maximum atomic E-state index is 11.5. The molecule has 6 nitrogen and oxygen atoms in total. The van der Waals surface area contributed by atoms with Gasteiger partial charge in [-0.3, -0.25) is 9.59 Å². The van der Waals surface area contributed by atoms with Crippen molar-refractivity contribution in [2.24, 2.45) is 0 Å². The molecule has 0 radical (unpaired) electrons. The molecule has 1 N–H and O–H groups in total. The predicted octanol–water partition coefficient (Wildman–Crippen LogP) is 0.227. The highest BCUT2D eigenvalue weighted by molar-refractivity contribution is 7.89. The molecule has 0 fully saturated rings. The lowest BCUT2D eigenvalue weighted by molar-refractivity contribution is -0.140. The van der Waals surface area contributed by atoms with E-state index >= 15 is 0 Å². The summed E-state index contributed by atoms with van der Waals surface area (Å²) in [6.07, 6.45) is 0.508. The first-order valence-corrected chi connectivity index (χ1v) is 7.07. The highest BCUT2D eigenvalue weighted by atomic mass is 32.2. The molecular formula is C10H19NO5S. The lowest BCUT2D eigenvalue weighted by atomic mass is 10.2. The van der Waals surface area contributed by atoms with E-state index in [1.165, 1.54) is 14.0 Å². The van der Waals surface area contributed by atoms with Crippen LogP contribution in [0.1, 0.15) is 33.1 Å². The molecule has 0 saturated carbocycles. The van der Waals surface area contributed by atoms with Crippen molar-refractivity contribution in [3.63, 3.8) is 0 Å². The lowest BCUT2D eigenvalue weighted by Gasteiger charge is -2.11. The van der Waals surface area contributed by atoms with Gasteiger partial charge in [0.2, 0.25) is 10.0 Å². The number of methoxy groups -OCH3 is 1. The Morgan fingerprint density at radius 2 is 1.94 bits per heavy atom. The van der Waals surface area contributed by atoms with Crippen LogP contribution in [0.25, 0.3) is 0 Å². The maximum absolute atomic E-state index is 11.5. The van der Waals surface area contributed by atoms with Crippen molar-refractivity contribution >= 4 is 21.8 Å². The fraction of sp³-hybridized carbons (Fsp3) is 0.800. The van der Waals surface area contributed by atoms with Crippen LogP contribution in [0.15, 0.2) is 0 Å². The molecular weight excluding hydrogens is 246 g/mol. The van der Waals surface area contributed by atoms with Gasteiger partial charge in [-0.1, -0.05) is 6.92 Å². The van der Waals surface area contributed by atoms with Crippen LogP contribution >= 0.6 is 0 Å². The molecule has 0 aromatic heterocycles. The van der Waals surface area contributed by atoms with Gasteiger partial charge in [-0.05, 0) is 13.3 Å². The summed E-state index contributed by atoms with van der Waals surface area (Å²) in [5, 5.41) is 0. The minimum Gasteiger partial charge on any atom is -0.469 e. The fourth-order valence-corrected chi connectivity index (χ4v) is 2.52. The van der Waals surface area contributed by atoms with Crippen LogP contribution in [0.5, 0.6) is 0 Å². The summed E-state index contributed by atoms with van der Waals surface area (Å²) in [5.41, 5.74) is 0. The van der Waals surface area contributed by atoms with Crippen molar-refractivity contribution in [3.8, 4) is 0 Å². The first kappa shape index (κ1) is 16.1. The molecule has 100 valence electrons. The van der Waals surface area contributed by atoms with Crippen LogP contribution in [0.3, 0.4) is 0 Å². The number of sulfonamides is 1. The van der Waals surface area contributed by atoms with Crippen LogP contribution in [0, 0.1) is 0 Å². The second-order valence-electron chi connectivity index (χ2n) is 3.66.